The fourth-order valence-corrected chi connectivity index (χ4v) is 11.0. The molecular formula is C61H39NO. The zero-order valence-corrected chi connectivity index (χ0v) is 34.4. The lowest BCUT2D eigenvalue weighted by Gasteiger charge is -2.36. The molecule has 10 aromatic carbocycles. The highest BCUT2D eigenvalue weighted by molar-refractivity contribution is 6.01. The van der Waals surface area contributed by atoms with Gasteiger partial charge in [-0.3, -0.25) is 0 Å². The highest BCUT2D eigenvalue weighted by Crippen LogP contribution is 2.62. The maximum atomic E-state index is 7.23. The van der Waals surface area contributed by atoms with Crippen molar-refractivity contribution in [3.05, 3.63) is 259 Å². The minimum atomic E-state index is -0.566. The number of nitrogens with zero attached hydrogens (tertiary/aromatic N) is 1. The van der Waals surface area contributed by atoms with Crippen LogP contribution in [0.3, 0.4) is 0 Å². The van der Waals surface area contributed by atoms with Crippen molar-refractivity contribution in [1.29, 1.82) is 0 Å². The Kier molecular flexibility index (Phi) is 7.85. The number of hydrogen-bond donors (Lipinski definition) is 0. The van der Waals surface area contributed by atoms with Gasteiger partial charge in [0, 0.05) is 22.4 Å². The standard InChI is InChI=1S/C61H39NO/c1-2-19-40(20-3-1)42-21-11-16-34-57(42)62(58-35-18-30-51-45-24-6-5-23-44(45)50-29-12-17-36-59(50)63-60(51)58)41-37-38-56-52(39-41)46-25-7-4-22-43(46)47-26-8-13-31-53(47)61(56)54-32-14-9-27-48(54)49-28-10-15-33-55(49)61/h1-39H. The van der Waals surface area contributed by atoms with Crippen molar-refractivity contribution in [2.75, 3.05) is 4.90 Å². The summed E-state index contributed by atoms with van der Waals surface area (Å²) in [7, 11) is 0. The second kappa shape index (κ2) is 13.9. The molecule has 0 fully saturated rings. The van der Waals surface area contributed by atoms with Crippen molar-refractivity contribution in [3.8, 4) is 78.3 Å². The maximum Gasteiger partial charge on any atom is 0.159 e. The molecule has 0 radical (unpaired) electrons. The summed E-state index contributed by atoms with van der Waals surface area (Å²) in [6.45, 7) is 0. The van der Waals surface area contributed by atoms with Gasteiger partial charge < -0.3 is 9.64 Å². The summed E-state index contributed by atoms with van der Waals surface area (Å²) in [5.41, 5.74) is 21.8. The van der Waals surface area contributed by atoms with Crippen LogP contribution in [0.5, 0.6) is 11.5 Å². The molecule has 0 saturated carbocycles. The van der Waals surface area contributed by atoms with Crippen molar-refractivity contribution in [1.82, 2.24) is 0 Å². The molecule has 10 aromatic rings. The van der Waals surface area contributed by atoms with Gasteiger partial charge in [0.2, 0.25) is 0 Å². The van der Waals surface area contributed by atoms with Crippen LogP contribution < -0.4 is 9.64 Å². The Labute approximate surface area is 367 Å². The molecule has 0 atom stereocenters. The van der Waals surface area contributed by atoms with Crippen molar-refractivity contribution in [2.24, 2.45) is 0 Å². The lowest BCUT2D eigenvalue weighted by molar-refractivity contribution is 0.489. The number of hydrogen-bond acceptors (Lipinski definition) is 2. The first-order chi connectivity index (χ1) is 31.3. The van der Waals surface area contributed by atoms with Gasteiger partial charge in [-0.1, -0.05) is 206 Å². The summed E-state index contributed by atoms with van der Waals surface area (Å²) >= 11 is 0. The predicted octanol–water partition coefficient (Wildman–Crippen LogP) is 16.3. The second-order valence-electron chi connectivity index (χ2n) is 16.7. The first-order valence-corrected chi connectivity index (χ1v) is 21.8. The van der Waals surface area contributed by atoms with E-state index in [1.807, 2.05) is 0 Å². The quantitative estimate of drug-likeness (QED) is 0.176. The number of rotatable bonds is 4. The number of para-hydroxylation sites is 3. The van der Waals surface area contributed by atoms with E-state index in [2.05, 4.69) is 241 Å². The van der Waals surface area contributed by atoms with E-state index in [0.29, 0.717) is 0 Å². The molecule has 0 amide bonds. The predicted molar refractivity (Wildman–Crippen MR) is 259 cm³/mol. The Hall–Kier alpha value is -8.20. The average Bonchev–Trinajstić information content (AvgIpc) is 3.49. The molecule has 1 spiro atoms. The first kappa shape index (κ1) is 35.5. The summed E-state index contributed by atoms with van der Waals surface area (Å²) in [6.07, 6.45) is 0. The van der Waals surface area contributed by atoms with Crippen LogP contribution in [0.1, 0.15) is 22.3 Å². The Bertz CT molecular complexity index is 3410. The van der Waals surface area contributed by atoms with E-state index < -0.39 is 5.41 Å². The van der Waals surface area contributed by atoms with E-state index in [1.54, 1.807) is 0 Å². The third kappa shape index (κ3) is 5.13. The van der Waals surface area contributed by atoms with Crippen LogP contribution in [0.2, 0.25) is 0 Å². The Morgan fingerprint density at radius 3 is 1.37 bits per heavy atom. The molecule has 2 heteroatoms. The van der Waals surface area contributed by atoms with E-state index in [9.17, 15) is 0 Å². The molecule has 63 heavy (non-hydrogen) atoms. The molecule has 0 unspecified atom stereocenters. The largest absolute Gasteiger partial charge is 0.454 e. The van der Waals surface area contributed by atoms with E-state index >= 15 is 0 Å². The van der Waals surface area contributed by atoms with Gasteiger partial charge in [0.25, 0.3) is 0 Å². The number of ether oxygens (including phenoxy) is 1. The first-order valence-electron chi connectivity index (χ1n) is 21.8. The van der Waals surface area contributed by atoms with Gasteiger partial charge >= 0.3 is 0 Å². The van der Waals surface area contributed by atoms with Gasteiger partial charge in [0.05, 0.1) is 16.8 Å². The van der Waals surface area contributed by atoms with Crippen molar-refractivity contribution in [2.45, 2.75) is 5.41 Å². The lowest BCUT2D eigenvalue weighted by atomic mass is 9.66. The fraction of sp³-hybridized carbons (Fsp3) is 0.0164. The van der Waals surface area contributed by atoms with Crippen molar-refractivity contribution >= 4 is 17.1 Å². The molecule has 0 aromatic heterocycles. The zero-order chi connectivity index (χ0) is 41.5. The van der Waals surface area contributed by atoms with E-state index in [4.69, 9.17) is 4.74 Å². The molecule has 1 aliphatic heterocycles. The van der Waals surface area contributed by atoms with Crippen LogP contribution in [-0.4, -0.2) is 0 Å². The summed E-state index contributed by atoms with van der Waals surface area (Å²) in [5.74, 6) is 1.65. The summed E-state index contributed by atoms with van der Waals surface area (Å²) in [4.78, 5) is 2.43. The molecule has 0 saturated heterocycles. The van der Waals surface area contributed by atoms with E-state index in [-0.39, 0.29) is 0 Å². The lowest BCUT2D eigenvalue weighted by Crippen LogP contribution is -2.29. The molecule has 13 rings (SSSR count). The van der Waals surface area contributed by atoms with E-state index in [1.165, 1.54) is 55.6 Å². The Morgan fingerprint density at radius 1 is 0.286 bits per heavy atom. The zero-order valence-electron chi connectivity index (χ0n) is 34.4. The Balaban J connectivity index is 1.14. The topological polar surface area (TPSA) is 12.5 Å². The Morgan fingerprint density at radius 2 is 0.714 bits per heavy atom. The fourth-order valence-electron chi connectivity index (χ4n) is 11.0. The molecule has 1 heterocycles. The molecule has 2 aliphatic carbocycles. The van der Waals surface area contributed by atoms with Crippen molar-refractivity contribution < 1.29 is 4.74 Å². The summed E-state index contributed by atoms with van der Waals surface area (Å²) in [6, 6.07) is 86.6. The van der Waals surface area contributed by atoms with Crippen LogP contribution in [-0.2, 0) is 5.41 Å². The summed E-state index contributed by atoms with van der Waals surface area (Å²) < 4.78 is 7.23. The molecular weight excluding hydrogens is 763 g/mol. The third-order valence-electron chi connectivity index (χ3n) is 13.5. The monoisotopic (exact) mass is 801 g/mol. The van der Waals surface area contributed by atoms with Gasteiger partial charge in [-0.05, 0) is 103 Å². The highest BCUT2D eigenvalue weighted by atomic mass is 16.5. The van der Waals surface area contributed by atoms with Gasteiger partial charge in [0.15, 0.2) is 5.75 Å². The summed E-state index contributed by atoms with van der Waals surface area (Å²) in [5, 5.41) is 0. The van der Waals surface area contributed by atoms with Crippen LogP contribution in [0.25, 0.3) is 66.8 Å². The van der Waals surface area contributed by atoms with Gasteiger partial charge in [-0.25, -0.2) is 0 Å². The number of anilines is 3. The highest BCUT2D eigenvalue weighted by Gasteiger charge is 2.49. The molecule has 294 valence electrons. The van der Waals surface area contributed by atoms with Gasteiger partial charge in [0.1, 0.15) is 5.75 Å². The molecule has 3 aliphatic rings. The van der Waals surface area contributed by atoms with Gasteiger partial charge in [-0.15, -0.1) is 0 Å². The second-order valence-corrected chi connectivity index (χ2v) is 16.7. The van der Waals surface area contributed by atoms with Crippen molar-refractivity contribution in [3.63, 3.8) is 0 Å². The SMILES string of the molecule is c1ccc(-c2ccccc2N(c2ccc3c(c2)-c2ccccc2-c2ccccc2C32c3ccccc3-c3ccccc32)c2cccc3c2Oc2ccccc2-c2ccccc2-3)cc1. The normalized spacial score (nSPS) is 13.0. The van der Waals surface area contributed by atoms with E-state index in [0.717, 1.165) is 61.9 Å². The minimum absolute atomic E-state index is 0.566. The van der Waals surface area contributed by atoms with Crippen LogP contribution in [0.15, 0.2) is 237 Å². The maximum absolute atomic E-state index is 7.23. The third-order valence-corrected chi connectivity index (χ3v) is 13.5. The molecule has 0 N–H and O–H groups in total. The van der Waals surface area contributed by atoms with Crippen LogP contribution in [0.4, 0.5) is 17.1 Å². The number of fused-ring (bicyclic) bond motifs is 17. The molecule has 0 bridgehead atoms. The number of benzene rings is 10. The minimum Gasteiger partial charge on any atom is -0.454 e. The van der Waals surface area contributed by atoms with Gasteiger partial charge in [-0.2, -0.15) is 0 Å². The smallest absolute Gasteiger partial charge is 0.159 e. The average molecular weight is 802 g/mol. The molecule has 2 nitrogen and oxygen atoms in total. The van der Waals surface area contributed by atoms with Crippen LogP contribution >= 0.6 is 0 Å². The van der Waals surface area contributed by atoms with Crippen LogP contribution in [0, 0.1) is 0 Å².